The smallest absolute Gasteiger partial charge is 0.254 e. The van der Waals surface area contributed by atoms with Gasteiger partial charge < -0.3 is 18.9 Å². The van der Waals surface area contributed by atoms with Crippen molar-refractivity contribution < 1.29 is 18.8 Å². The van der Waals surface area contributed by atoms with Gasteiger partial charge in [0.2, 0.25) is 12.3 Å². The maximum absolute atomic E-state index is 13.0. The summed E-state index contributed by atoms with van der Waals surface area (Å²) in [5.41, 5.74) is 0.555. The van der Waals surface area contributed by atoms with Crippen LogP contribution in [0.1, 0.15) is 47.9 Å². The fourth-order valence-electron chi connectivity index (χ4n) is 3.32. The van der Waals surface area contributed by atoms with Gasteiger partial charge in [-0.3, -0.25) is 4.79 Å². The molecule has 8 nitrogen and oxygen atoms in total. The van der Waals surface area contributed by atoms with Crippen molar-refractivity contribution in [2.75, 3.05) is 19.8 Å². The molecule has 0 N–H and O–H groups in total. The van der Waals surface area contributed by atoms with Gasteiger partial charge in [0.1, 0.15) is 6.10 Å². The molecule has 1 amide bonds. The first kappa shape index (κ1) is 16.0. The monoisotopic (exact) mass is 344 g/mol. The molecule has 0 bridgehead atoms. The Labute approximate surface area is 145 Å². The van der Waals surface area contributed by atoms with Crippen molar-refractivity contribution in [2.45, 2.75) is 37.8 Å². The quantitative estimate of drug-likeness (QED) is 0.838. The maximum atomic E-state index is 13.0. The Morgan fingerprint density at radius 3 is 3.04 bits per heavy atom. The highest BCUT2D eigenvalue weighted by molar-refractivity contribution is 5.94. The lowest BCUT2D eigenvalue weighted by Gasteiger charge is -2.33. The molecule has 0 saturated carbocycles. The summed E-state index contributed by atoms with van der Waals surface area (Å²) >= 11 is 0. The lowest BCUT2D eigenvalue weighted by atomic mass is 10.0. The number of likely N-dealkylation sites (tertiary alicyclic amines) is 1. The summed E-state index contributed by atoms with van der Waals surface area (Å²) in [5, 5.41) is 3.92. The highest BCUT2D eigenvalue weighted by Gasteiger charge is 2.31. The van der Waals surface area contributed by atoms with Gasteiger partial charge in [-0.1, -0.05) is 5.16 Å². The summed E-state index contributed by atoms with van der Waals surface area (Å²) < 4.78 is 16.0. The van der Waals surface area contributed by atoms with Gasteiger partial charge in [0, 0.05) is 30.8 Å². The standard InChI is InChI=1S/C17H20N4O4/c22-17(21-7-2-1-3-14(21)16-19-11-24-20-16)12-4-6-18-15(9-12)25-13-5-8-23-10-13/h4,6,9,11,13-14H,1-3,5,7-8,10H2. The fraction of sp³-hybridized carbons (Fsp3) is 0.529. The molecule has 0 spiro atoms. The zero-order chi connectivity index (χ0) is 17.1. The molecular weight excluding hydrogens is 324 g/mol. The second-order valence-electron chi connectivity index (χ2n) is 6.29. The third-order valence-electron chi connectivity index (χ3n) is 4.60. The van der Waals surface area contributed by atoms with Gasteiger partial charge in [0.05, 0.1) is 19.3 Å². The molecule has 2 aromatic rings. The van der Waals surface area contributed by atoms with E-state index >= 15 is 0 Å². The number of ether oxygens (including phenoxy) is 2. The lowest BCUT2D eigenvalue weighted by Crippen LogP contribution is -2.39. The van der Waals surface area contributed by atoms with E-state index in [2.05, 4.69) is 15.1 Å². The lowest BCUT2D eigenvalue weighted by molar-refractivity contribution is 0.0595. The largest absolute Gasteiger partial charge is 0.472 e. The van der Waals surface area contributed by atoms with Crippen LogP contribution in [0, 0.1) is 0 Å². The Kier molecular flexibility index (Phi) is 4.60. The summed E-state index contributed by atoms with van der Waals surface area (Å²) in [6, 6.07) is 3.26. The zero-order valence-corrected chi connectivity index (χ0v) is 13.8. The average molecular weight is 344 g/mol. The van der Waals surface area contributed by atoms with E-state index < -0.39 is 0 Å². The van der Waals surface area contributed by atoms with Crippen molar-refractivity contribution in [2.24, 2.45) is 0 Å². The molecule has 25 heavy (non-hydrogen) atoms. The molecule has 2 aliphatic heterocycles. The van der Waals surface area contributed by atoms with Crippen molar-refractivity contribution in [3.05, 3.63) is 36.1 Å². The van der Waals surface area contributed by atoms with Gasteiger partial charge in [-0.15, -0.1) is 0 Å². The van der Waals surface area contributed by atoms with Crippen molar-refractivity contribution in [1.82, 2.24) is 20.0 Å². The molecular formula is C17H20N4O4. The molecule has 2 unspecified atom stereocenters. The summed E-state index contributed by atoms with van der Waals surface area (Å²) in [7, 11) is 0. The predicted molar refractivity (Wildman–Crippen MR) is 86.0 cm³/mol. The first-order valence-corrected chi connectivity index (χ1v) is 8.59. The van der Waals surface area contributed by atoms with Crippen molar-refractivity contribution in [1.29, 1.82) is 0 Å². The van der Waals surface area contributed by atoms with E-state index in [1.165, 1.54) is 6.39 Å². The van der Waals surface area contributed by atoms with Crippen molar-refractivity contribution in [3.63, 3.8) is 0 Å². The van der Waals surface area contributed by atoms with Crippen LogP contribution in [0.3, 0.4) is 0 Å². The summed E-state index contributed by atoms with van der Waals surface area (Å²) in [6.45, 7) is 1.93. The van der Waals surface area contributed by atoms with E-state index in [9.17, 15) is 4.79 Å². The number of hydrogen-bond donors (Lipinski definition) is 0. The van der Waals surface area contributed by atoms with Crippen LogP contribution in [0.2, 0.25) is 0 Å². The Morgan fingerprint density at radius 2 is 2.24 bits per heavy atom. The van der Waals surface area contributed by atoms with E-state index in [0.29, 0.717) is 37.0 Å². The Bertz CT molecular complexity index is 715. The average Bonchev–Trinajstić information content (AvgIpc) is 3.35. The molecule has 2 aromatic heterocycles. The van der Waals surface area contributed by atoms with E-state index in [1.54, 1.807) is 18.3 Å². The van der Waals surface area contributed by atoms with E-state index in [4.69, 9.17) is 14.0 Å². The highest BCUT2D eigenvalue weighted by atomic mass is 16.5. The molecule has 0 radical (unpaired) electrons. The van der Waals surface area contributed by atoms with Crippen LogP contribution < -0.4 is 4.74 Å². The third-order valence-corrected chi connectivity index (χ3v) is 4.60. The summed E-state index contributed by atoms with van der Waals surface area (Å²) in [6.07, 6.45) is 6.58. The topological polar surface area (TPSA) is 90.6 Å². The van der Waals surface area contributed by atoms with E-state index in [1.807, 2.05) is 4.90 Å². The molecule has 2 fully saturated rings. The molecule has 0 aromatic carbocycles. The van der Waals surface area contributed by atoms with Crippen molar-refractivity contribution >= 4 is 5.91 Å². The van der Waals surface area contributed by atoms with Gasteiger partial charge in [0.15, 0.2) is 5.82 Å². The predicted octanol–water partition coefficient (Wildman–Crippen LogP) is 2.00. The number of hydrogen-bond acceptors (Lipinski definition) is 7. The van der Waals surface area contributed by atoms with E-state index in [-0.39, 0.29) is 18.1 Å². The number of piperidine rings is 1. The molecule has 4 heterocycles. The second-order valence-corrected chi connectivity index (χ2v) is 6.29. The number of nitrogens with zero attached hydrogens (tertiary/aromatic N) is 4. The SMILES string of the molecule is O=C(c1ccnc(OC2CCOC2)c1)N1CCCCC1c1ncon1. The van der Waals surface area contributed by atoms with Crippen LogP contribution in [-0.4, -0.2) is 51.8 Å². The van der Waals surface area contributed by atoms with Crippen LogP contribution in [0.5, 0.6) is 5.88 Å². The fourth-order valence-corrected chi connectivity index (χ4v) is 3.32. The Hall–Kier alpha value is -2.48. The minimum atomic E-state index is -0.152. The maximum Gasteiger partial charge on any atom is 0.254 e. The van der Waals surface area contributed by atoms with Gasteiger partial charge >= 0.3 is 0 Å². The molecule has 2 aliphatic rings. The number of rotatable bonds is 4. The second kappa shape index (κ2) is 7.18. The Balaban J connectivity index is 1.52. The van der Waals surface area contributed by atoms with Gasteiger partial charge in [-0.2, -0.15) is 4.98 Å². The zero-order valence-electron chi connectivity index (χ0n) is 13.8. The normalized spacial score (nSPS) is 23.6. The van der Waals surface area contributed by atoms with Crippen LogP contribution in [-0.2, 0) is 4.74 Å². The van der Waals surface area contributed by atoms with Crippen LogP contribution in [0.15, 0.2) is 29.2 Å². The summed E-state index contributed by atoms with van der Waals surface area (Å²) in [4.78, 5) is 23.2. The first-order chi connectivity index (χ1) is 12.3. The van der Waals surface area contributed by atoms with Crippen molar-refractivity contribution in [3.8, 4) is 5.88 Å². The van der Waals surface area contributed by atoms with Crippen LogP contribution in [0.4, 0.5) is 0 Å². The molecule has 132 valence electrons. The number of pyridine rings is 1. The number of aromatic nitrogens is 3. The van der Waals surface area contributed by atoms with Gasteiger partial charge in [0.25, 0.3) is 5.91 Å². The Morgan fingerprint density at radius 1 is 1.28 bits per heavy atom. The highest BCUT2D eigenvalue weighted by Crippen LogP contribution is 2.30. The van der Waals surface area contributed by atoms with Gasteiger partial charge in [-0.25, -0.2) is 4.98 Å². The number of carbonyl (C=O) groups is 1. The molecule has 4 rings (SSSR count). The molecule has 2 saturated heterocycles. The van der Waals surface area contributed by atoms with Gasteiger partial charge in [-0.05, 0) is 25.3 Å². The first-order valence-electron chi connectivity index (χ1n) is 8.59. The van der Waals surface area contributed by atoms with E-state index in [0.717, 1.165) is 25.7 Å². The molecule has 0 aliphatic carbocycles. The number of amides is 1. The number of carbonyl (C=O) groups excluding carboxylic acids is 1. The molecule has 2 atom stereocenters. The minimum Gasteiger partial charge on any atom is -0.472 e. The summed E-state index contributed by atoms with van der Waals surface area (Å²) in [5.74, 6) is 0.945. The third kappa shape index (κ3) is 3.48. The van der Waals surface area contributed by atoms with Crippen LogP contribution >= 0.6 is 0 Å². The molecule has 8 heteroatoms. The van der Waals surface area contributed by atoms with Crippen LogP contribution in [0.25, 0.3) is 0 Å². The minimum absolute atomic E-state index is 0.0000764.